The van der Waals surface area contributed by atoms with Crippen molar-refractivity contribution in [1.29, 1.82) is 0 Å². The van der Waals surface area contributed by atoms with Crippen LogP contribution in [-0.4, -0.2) is 81.7 Å². The molecule has 2 heterocycles. The minimum absolute atomic E-state index is 0. The number of morpholine rings is 1. The van der Waals surface area contributed by atoms with Gasteiger partial charge >= 0.3 is 0 Å². The van der Waals surface area contributed by atoms with Gasteiger partial charge in [0.05, 0.1) is 13.2 Å². The van der Waals surface area contributed by atoms with E-state index >= 15 is 0 Å². The first-order valence-electron chi connectivity index (χ1n) is 9.91. The van der Waals surface area contributed by atoms with Crippen LogP contribution in [0.3, 0.4) is 0 Å². The summed E-state index contributed by atoms with van der Waals surface area (Å²) in [6.07, 6.45) is 7.57. The van der Waals surface area contributed by atoms with Gasteiger partial charge in [-0.2, -0.15) is 0 Å². The SMILES string of the molecule is CS(=O)(=O)C1(C(=O)NCC2(N3CCOCC3)CCCCC2)CCNCC1.Cl. The van der Waals surface area contributed by atoms with Gasteiger partial charge in [0.2, 0.25) is 5.91 Å². The second kappa shape index (κ2) is 9.39. The molecule has 2 N–H and O–H groups in total. The zero-order valence-electron chi connectivity index (χ0n) is 16.3. The van der Waals surface area contributed by atoms with Crippen LogP contribution in [0.5, 0.6) is 0 Å². The smallest absolute Gasteiger partial charge is 0.241 e. The lowest BCUT2D eigenvalue weighted by atomic mass is 9.79. The highest BCUT2D eigenvalue weighted by molar-refractivity contribution is 7.92. The molecule has 27 heavy (non-hydrogen) atoms. The number of hydrogen-bond donors (Lipinski definition) is 2. The van der Waals surface area contributed by atoms with Gasteiger partial charge < -0.3 is 15.4 Å². The summed E-state index contributed by atoms with van der Waals surface area (Å²) in [4.78, 5) is 15.5. The minimum Gasteiger partial charge on any atom is -0.379 e. The van der Waals surface area contributed by atoms with Gasteiger partial charge in [0, 0.05) is 31.4 Å². The second-order valence-corrected chi connectivity index (χ2v) is 10.4. The number of nitrogens with one attached hydrogen (secondary N) is 2. The Bertz CT molecular complexity index is 596. The summed E-state index contributed by atoms with van der Waals surface area (Å²) in [5.74, 6) is -0.306. The fraction of sp³-hybridized carbons (Fsp3) is 0.944. The highest BCUT2D eigenvalue weighted by Crippen LogP contribution is 2.35. The van der Waals surface area contributed by atoms with Crippen LogP contribution in [-0.2, 0) is 19.4 Å². The third-order valence-corrected chi connectivity index (χ3v) is 8.59. The molecule has 0 aromatic heterocycles. The van der Waals surface area contributed by atoms with Crippen molar-refractivity contribution in [3.8, 4) is 0 Å². The summed E-state index contributed by atoms with van der Waals surface area (Å²) in [7, 11) is -3.47. The largest absolute Gasteiger partial charge is 0.379 e. The Hall–Kier alpha value is -0.410. The predicted octanol–water partition coefficient (Wildman–Crippen LogP) is 0.726. The molecule has 3 aliphatic rings. The molecule has 0 aromatic rings. The molecule has 1 aliphatic carbocycles. The highest BCUT2D eigenvalue weighted by Gasteiger charge is 2.49. The van der Waals surface area contributed by atoms with E-state index in [-0.39, 0.29) is 23.9 Å². The summed E-state index contributed by atoms with van der Waals surface area (Å²) in [5, 5.41) is 6.24. The standard InChI is InChI=1S/C18H33N3O4S.ClH/c1-26(23,24)18(7-9-19-10-8-18)16(22)20-15-17(5-3-2-4-6-17)21-11-13-25-14-12-21;/h19H,2-15H2,1H3,(H,20,22);1H. The molecule has 2 aliphatic heterocycles. The van der Waals surface area contributed by atoms with Gasteiger partial charge in [0.15, 0.2) is 14.6 Å². The van der Waals surface area contributed by atoms with Gasteiger partial charge in [0.1, 0.15) is 0 Å². The van der Waals surface area contributed by atoms with Crippen molar-refractivity contribution < 1.29 is 17.9 Å². The maximum Gasteiger partial charge on any atom is 0.241 e. The maximum absolute atomic E-state index is 13.1. The van der Waals surface area contributed by atoms with E-state index in [1.54, 1.807) is 0 Å². The molecule has 0 aromatic carbocycles. The van der Waals surface area contributed by atoms with Gasteiger partial charge in [-0.05, 0) is 38.8 Å². The number of nitrogens with zero attached hydrogens (tertiary/aromatic N) is 1. The van der Waals surface area contributed by atoms with Crippen molar-refractivity contribution in [2.45, 2.75) is 55.2 Å². The Balaban J connectivity index is 0.00000261. The van der Waals surface area contributed by atoms with E-state index in [4.69, 9.17) is 4.74 Å². The van der Waals surface area contributed by atoms with Gasteiger partial charge in [0.25, 0.3) is 0 Å². The van der Waals surface area contributed by atoms with Gasteiger partial charge in [-0.1, -0.05) is 19.3 Å². The number of carbonyl (C=O) groups excluding carboxylic acids is 1. The Kier molecular flexibility index (Phi) is 7.96. The number of piperidine rings is 1. The molecule has 158 valence electrons. The molecule has 0 spiro atoms. The average molecular weight is 424 g/mol. The zero-order chi connectivity index (χ0) is 18.7. The summed E-state index contributed by atoms with van der Waals surface area (Å²) in [5.41, 5.74) is -0.0523. The van der Waals surface area contributed by atoms with E-state index in [9.17, 15) is 13.2 Å². The first-order chi connectivity index (χ1) is 12.4. The van der Waals surface area contributed by atoms with Crippen LogP contribution in [0.25, 0.3) is 0 Å². The lowest BCUT2D eigenvalue weighted by molar-refractivity contribution is -0.125. The predicted molar refractivity (Wildman–Crippen MR) is 108 cm³/mol. The topological polar surface area (TPSA) is 87.7 Å². The summed E-state index contributed by atoms with van der Waals surface area (Å²) < 4.78 is 29.2. The maximum atomic E-state index is 13.1. The van der Waals surface area contributed by atoms with Crippen LogP contribution in [0.15, 0.2) is 0 Å². The molecule has 1 saturated carbocycles. The van der Waals surface area contributed by atoms with E-state index in [2.05, 4.69) is 15.5 Å². The molecule has 0 atom stereocenters. The van der Waals surface area contributed by atoms with Crippen LogP contribution in [0, 0.1) is 0 Å². The first-order valence-corrected chi connectivity index (χ1v) is 11.8. The molecule has 0 bridgehead atoms. The lowest BCUT2D eigenvalue weighted by Gasteiger charge is -2.48. The monoisotopic (exact) mass is 423 g/mol. The number of rotatable bonds is 5. The second-order valence-electron chi connectivity index (χ2n) is 8.08. The van der Waals surface area contributed by atoms with E-state index in [1.165, 1.54) is 12.7 Å². The van der Waals surface area contributed by atoms with Crippen LogP contribution < -0.4 is 10.6 Å². The Morgan fingerprint density at radius 2 is 1.67 bits per heavy atom. The van der Waals surface area contributed by atoms with E-state index < -0.39 is 14.6 Å². The van der Waals surface area contributed by atoms with Gasteiger partial charge in [-0.25, -0.2) is 8.42 Å². The van der Waals surface area contributed by atoms with Gasteiger partial charge in [-0.15, -0.1) is 12.4 Å². The Morgan fingerprint density at radius 3 is 2.22 bits per heavy atom. The highest BCUT2D eigenvalue weighted by atomic mass is 35.5. The number of ether oxygens (including phenoxy) is 1. The fourth-order valence-corrected chi connectivity index (χ4v) is 6.21. The van der Waals surface area contributed by atoms with Crippen LogP contribution in [0.1, 0.15) is 44.9 Å². The average Bonchev–Trinajstić information content (AvgIpc) is 2.67. The van der Waals surface area contributed by atoms with E-state index in [0.29, 0.717) is 32.5 Å². The summed E-state index contributed by atoms with van der Waals surface area (Å²) in [6, 6.07) is 0. The molecule has 3 fully saturated rings. The van der Waals surface area contributed by atoms with Crippen molar-refractivity contribution in [2.75, 3.05) is 52.2 Å². The Labute approximate surface area is 169 Å². The molecule has 7 nitrogen and oxygen atoms in total. The number of sulfone groups is 1. The quantitative estimate of drug-likeness (QED) is 0.677. The molecular weight excluding hydrogens is 390 g/mol. The van der Waals surface area contributed by atoms with Crippen LogP contribution in [0.4, 0.5) is 0 Å². The molecular formula is C18H34ClN3O4S. The number of halogens is 1. The van der Waals surface area contributed by atoms with Crippen LogP contribution >= 0.6 is 12.4 Å². The molecule has 0 radical (unpaired) electrons. The minimum atomic E-state index is -3.47. The molecule has 2 saturated heterocycles. The van der Waals surface area contributed by atoms with Crippen molar-refractivity contribution in [3.63, 3.8) is 0 Å². The lowest BCUT2D eigenvalue weighted by Crippen LogP contribution is -2.63. The van der Waals surface area contributed by atoms with Crippen molar-refractivity contribution >= 4 is 28.2 Å². The third-order valence-electron chi connectivity index (χ3n) is 6.58. The van der Waals surface area contributed by atoms with Crippen molar-refractivity contribution in [1.82, 2.24) is 15.5 Å². The number of hydrogen-bond acceptors (Lipinski definition) is 6. The summed E-state index contributed by atoms with van der Waals surface area (Å²) in [6.45, 7) is 4.90. The Morgan fingerprint density at radius 1 is 1.07 bits per heavy atom. The number of carbonyl (C=O) groups is 1. The molecule has 0 unspecified atom stereocenters. The summed E-state index contributed by atoms with van der Waals surface area (Å²) >= 11 is 0. The van der Waals surface area contributed by atoms with Crippen LogP contribution in [0.2, 0.25) is 0 Å². The first kappa shape index (κ1) is 22.9. The van der Waals surface area contributed by atoms with E-state index in [1.807, 2.05) is 0 Å². The molecule has 1 amide bonds. The molecule has 9 heteroatoms. The van der Waals surface area contributed by atoms with Gasteiger partial charge in [-0.3, -0.25) is 9.69 Å². The normalized spacial score (nSPS) is 26.0. The van der Waals surface area contributed by atoms with E-state index in [0.717, 1.165) is 52.0 Å². The van der Waals surface area contributed by atoms with Crippen molar-refractivity contribution in [3.05, 3.63) is 0 Å². The third kappa shape index (κ3) is 4.78. The number of amides is 1. The van der Waals surface area contributed by atoms with Crippen molar-refractivity contribution in [2.24, 2.45) is 0 Å². The molecule has 3 rings (SSSR count). The zero-order valence-corrected chi connectivity index (χ0v) is 17.9. The fourth-order valence-electron chi connectivity index (χ4n) is 4.86.